The SMILES string of the molecule is COC(=O)C1=C(N)N(c2ccc(F)cc2)C2=C(C(=O)[C@H](C(=O)OC)[C@@H](c3ccccc3)C2)[C@H]1c1cccc(Cl)c1. The van der Waals surface area contributed by atoms with Crippen molar-refractivity contribution in [1.29, 1.82) is 0 Å². The maximum absolute atomic E-state index is 14.5. The molecule has 1 heterocycles. The molecule has 9 heteroatoms. The number of ketones is 1. The summed E-state index contributed by atoms with van der Waals surface area (Å²) in [5.74, 6) is -5.13. The number of halogens is 2. The van der Waals surface area contributed by atoms with Crippen molar-refractivity contribution in [3.8, 4) is 0 Å². The fourth-order valence-corrected chi connectivity index (χ4v) is 5.85. The highest BCUT2D eigenvalue weighted by atomic mass is 35.5. The van der Waals surface area contributed by atoms with E-state index in [0.717, 1.165) is 5.56 Å². The number of hydrogen-bond acceptors (Lipinski definition) is 7. The standard InChI is InChI=1S/C31H26ClFN2O5/c1-39-30(37)25-22(17-7-4-3-5-8-17)16-23-26(28(25)36)24(18-9-6-10-19(32)15-18)27(31(38)40-2)29(34)35(23)21-13-11-20(33)12-14-21/h3-15,22,24-25H,16,34H2,1-2H3/t22-,24-,25-/m1/s1. The number of ether oxygens (including phenoxy) is 2. The number of Topliss-reactive ketones (excluding diaryl/α,β-unsaturated/α-hetero) is 1. The average molecular weight is 561 g/mol. The van der Waals surface area contributed by atoms with E-state index in [-0.39, 0.29) is 23.4 Å². The number of esters is 2. The second kappa shape index (κ2) is 11.0. The van der Waals surface area contributed by atoms with E-state index in [9.17, 15) is 18.8 Å². The zero-order chi connectivity index (χ0) is 28.6. The van der Waals surface area contributed by atoms with Crippen molar-refractivity contribution in [2.24, 2.45) is 11.7 Å². The molecule has 3 aromatic carbocycles. The van der Waals surface area contributed by atoms with Gasteiger partial charge in [0.15, 0.2) is 5.78 Å². The molecule has 3 aromatic rings. The molecule has 7 nitrogen and oxygen atoms in total. The molecule has 0 bridgehead atoms. The molecule has 0 saturated heterocycles. The normalized spacial score (nSPS) is 20.8. The number of carbonyl (C=O) groups excluding carboxylic acids is 3. The Balaban J connectivity index is 1.83. The third-order valence-electron chi connectivity index (χ3n) is 7.39. The Morgan fingerprint density at radius 2 is 1.62 bits per heavy atom. The van der Waals surface area contributed by atoms with Crippen molar-refractivity contribution >= 4 is 35.0 Å². The van der Waals surface area contributed by atoms with Crippen LogP contribution in [0.4, 0.5) is 10.1 Å². The first-order chi connectivity index (χ1) is 19.3. The molecule has 0 unspecified atom stereocenters. The molecule has 0 radical (unpaired) electrons. The minimum atomic E-state index is -1.18. The summed E-state index contributed by atoms with van der Waals surface area (Å²) < 4.78 is 24.2. The van der Waals surface area contributed by atoms with E-state index in [1.165, 1.54) is 38.5 Å². The molecule has 3 atom stereocenters. The lowest BCUT2D eigenvalue weighted by molar-refractivity contribution is -0.150. The van der Waals surface area contributed by atoms with Crippen LogP contribution in [0, 0.1) is 11.7 Å². The van der Waals surface area contributed by atoms with E-state index in [1.807, 2.05) is 30.3 Å². The lowest BCUT2D eigenvalue weighted by Gasteiger charge is -2.44. The molecule has 204 valence electrons. The topological polar surface area (TPSA) is 98.9 Å². The van der Waals surface area contributed by atoms with Crippen LogP contribution < -0.4 is 10.6 Å². The van der Waals surface area contributed by atoms with Crippen LogP contribution in [0.2, 0.25) is 5.02 Å². The second-order valence-electron chi connectivity index (χ2n) is 9.54. The van der Waals surface area contributed by atoms with Gasteiger partial charge in [-0.05, 0) is 53.9 Å². The quantitative estimate of drug-likeness (QED) is 0.337. The number of carbonyl (C=O) groups is 3. The Kier molecular flexibility index (Phi) is 7.45. The highest BCUT2D eigenvalue weighted by Gasteiger charge is 2.51. The number of methoxy groups -OCH3 is 2. The van der Waals surface area contributed by atoms with E-state index in [0.29, 0.717) is 22.0 Å². The first-order valence-electron chi connectivity index (χ1n) is 12.6. The highest BCUT2D eigenvalue weighted by Crippen LogP contribution is 2.51. The van der Waals surface area contributed by atoms with Crippen molar-refractivity contribution in [3.63, 3.8) is 0 Å². The van der Waals surface area contributed by atoms with Gasteiger partial charge in [0.25, 0.3) is 0 Å². The largest absolute Gasteiger partial charge is 0.468 e. The van der Waals surface area contributed by atoms with Crippen LogP contribution in [0.5, 0.6) is 0 Å². The first kappa shape index (κ1) is 27.1. The lowest BCUT2D eigenvalue weighted by Crippen LogP contribution is -2.46. The molecule has 0 aromatic heterocycles. The summed E-state index contributed by atoms with van der Waals surface area (Å²) in [6, 6.07) is 21.5. The molecule has 1 aliphatic carbocycles. The molecule has 0 spiro atoms. The van der Waals surface area contributed by atoms with Crippen molar-refractivity contribution in [1.82, 2.24) is 0 Å². The summed E-state index contributed by atoms with van der Waals surface area (Å²) in [7, 11) is 2.45. The Hall–Kier alpha value is -4.43. The number of allylic oxidation sites excluding steroid dienone is 2. The molecule has 0 saturated carbocycles. The third kappa shape index (κ3) is 4.64. The summed E-state index contributed by atoms with van der Waals surface area (Å²) >= 11 is 6.33. The molecule has 1 aliphatic heterocycles. The minimum Gasteiger partial charge on any atom is -0.468 e. The van der Waals surface area contributed by atoms with Crippen LogP contribution in [-0.2, 0) is 23.9 Å². The predicted molar refractivity (Wildman–Crippen MR) is 148 cm³/mol. The fraction of sp³-hybridized carbons (Fsp3) is 0.194. The lowest BCUT2D eigenvalue weighted by atomic mass is 9.67. The third-order valence-corrected chi connectivity index (χ3v) is 7.63. The van der Waals surface area contributed by atoms with E-state index in [4.69, 9.17) is 26.8 Å². The second-order valence-corrected chi connectivity index (χ2v) is 9.97. The van der Waals surface area contributed by atoms with Gasteiger partial charge in [-0.3, -0.25) is 14.5 Å². The minimum absolute atomic E-state index is 0.00275. The average Bonchev–Trinajstić information content (AvgIpc) is 2.96. The molecule has 0 amide bonds. The van der Waals surface area contributed by atoms with Gasteiger partial charge in [-0.1, -0.05) is 54.1 Å². The smallest absolute Gasteiger partial charge is 0.338 e. The first-order valence-corrected chi connectivity index (χ1v) is 12.9. The van der Waals surface area contributed by atoms with E-state index >= 15 is 0 Å². The van der Waals surface area contributed by atoms with Crippen LogP contribution in [-0.4, -0.2) is 31.9 Å². The molecule has 0 fully saturated rings. The van der Waals surface area contributed by atoms with Crippen molar-refractivity contribution in [3.05, 3.63) is 123 Å². The van der Waals surface area contributed by atoms with E-state index < -0.39 is 41.3 Å². The van der Waals surface area contributed by atoms with E-state index in [1.54, 1.807) is 29.2 Å². The van der Waals surface area contributed by atoms with Crippen LogP contribution in [0.1, 0.15) is 29.4 Å². The number of rotatable bonds is 5. The van der Waals surface area contributed by atoms with Gasteiger partial charge in [0, 0.05) is 27.9 Å². The summed E-state index contributed by atoms with van der Waals surface area (Å²) in [5.41, 5.74) is 9.15. The van der Waals surface area contributed by atoms with E-state index in [2.05, 4.69) is 0 Å². The Labute approximate surface area is 235 Å². The maximum Gasteiger partial charge on any atom is 0.338 e. The van der Waals surface area contributed by atoms with Gasteiger partial charge in [0.2, 0.25) is 0 Å². The monoisotopic (exact) mass is 560 g/mol. The number of nitrogens with zero attached hydrogens (tertiary/aromatic N) is 1. The molecule has 5 rings (SSSR count). The fourth-order valence-electron chi connectivity index (χ4n) is 5.65. The number of benzene rings is 3. The maximum atomic E-state index is 14.5. The number of nitrogens with two attached hydrogens (primary N) is 1. The number of hydrogen-bond donors (Lipinski definition) is 1. The van der Waals surface area contributed by atoms with Gasteiger partial charge in [-0.25, -0.2) is 9.18 Å². The molecule has 40 heavy (non-hydrogen) atoms. The van der Waals surface area contributed by atoms with Crippen LogP contribution in [0.15, 0.2) is 102 Å². The predicted octanol–water partition coefficient (Wildman–Crippen LogP) is 5.23. The highest BCUT2D eigenvalue weighted by molar-refractivity contribution is 6.30. The van der Waals surface area contributed by atoms with Crippen LogP contribution >= 0.6 is 11.6 Å². The van der Waals surface area contributed by atoms with Gasteiger partial charge in [0.1, 0.15) is 17.6 Å². The van der Waals surface area contributed by atoms with Crippen LogP contribution in [0.25, 0.3) is 0 Å². The van der Waals surface area contributed by atoms with Crippen LogP contribution in [0.3, 0.4) is 0 Å². The summed E-state index contributed by atoms with van der Waals surface area (Å²) in [6.07, 6.45) is 0.203. The van der Waals surface area contributed by atoms with Gasteiger partial charge in [0.05, 0.1) is 25.7 Å². The molecule has 2 aliphatic rings. The Morgan fingerprint density at radius 3 is 2.25 bits per heavy atom. The summed E-state index contributed by atoms with van der Waals surface area (Å²) in [6.45, 7) is 0. The van der Waals surface area contributed by atoms with Gasteiger partial charge in [-0.15, -0.1) is 0 Å². The molecular formula is C31H26ClFN2O5. The van der Waals surface area contributed by atoms with Gasteiger partial charge in [-0.2, -0.15) is 0 Å². The summed E-state index contributed by atoms with van der Waals surface area (Å²) in [4.78, 5) is 42.6. The number of anilines is 1. The van der Waals surface area contributed by atoms with Gasteiger partial charge >= 0.3 is 11.9 Å². The van der Waals surface area contributed by atoms with Crippen molar-refractivity contribution < 1.29 is 28.2 Å². The molecular weight excluding hydrogens is 535 g/mol. The van der Waals surface area contributed by atoms with Gasteiger partial charge < -0.3 is 15.2 Å². The summed E-state index contributed by atoms with van der Waals surface area (Å²) in [5, 5.41) is 0.387. The Bertz CT molecular complexity index is 1550. The zero-order valence-electron chi connectivity index (χ0n) is 21.8. The zero-order valence-corrected chi connectivity index (χ0v) is 22.5. The molecule has 2 N–H and O–H groups in total. The van der Waals surface area contributed by atoms with Crippen molar-refractivity contribution in [2.75, 3.05) is 19.1 Å². The Morgan fingerprint density at radius 1 is 0.950 bits per heavy atom. The van der Waals surface area contributed by atoms with Crippen molar-refractivity contribution in [2.45, 2.75) is 18.3 Å².